The average molecular weight is 619 g/mol. The molecule has 3 N–H and O–H groups in total. The first-order chi connectivity index (χ1) is 20.9. The minimum atomic E-state index is -0.612. The van der Waals surface area contributed by atoms with Gasteiger partial charge in [0.1, 0.15) is 11.2 Å². The normalized spacial score (nSPS) is 11.4. The molecule has 4 aromatic rings. The van der Waals surface area contributed by atoms with Crippen LogP contribution >= 0.6 is 0 Å². The van der Waals surface area contributed by atoms with Gasteiger partial charge in [0.15, 0.2) is 0 Å². The molecular formula is C34H42N4O7. The first kappa shape index (κ1) is 34.6. The zero-order valence-electron chi connectivity index (χ0n) is 27.1. The number of fused-ring (bicyclic) bond motifs is 2. The van der Waals surface area contributed by atoms with Gasteiger partial charge in [-0.1, -0.05) is 24.8 Å². The molecular weight excluding hydrogens is 576 g/mol. The van der Waals surface area contributed by atoms with E-state index in [9.17, 15) is 19.2 Å². The molecule has 0 unspecified atom stereocenters. The summed E-state index contributed by atoms with van der Waals surface area (Å²) in [6.45, 7) is 17.4. The fraction of sp³-hybridized carbons (Fsp3) is 0.353. The average Bonchev–Trinajstić information content (AvgIpc) is 3.44. The maximum Gasteiger partial charge on any atom is 0.419 e. The molecule has 2 heterocycles. The lowest BCUT2D eigenvalue weighted by Crippen LogP contribution is -2.26. The van der Waals surface area contributed by atoms with Gasteiger partial charge >= 0.3 is 12.2 Å². The molecule has 2 aromatic heterocycles. The molecule has 2 amide bonds. The summed E-state index contributed by atoms with van der Waals surface area (Å²) in [4.78, 5) is 47.5. The van der Waals surface area contributed by atoms with Crippen LogP contribution in [0.5, 0.6) is 0 Å². The highest BCUT2D eigenvalue weighted by molar-refractivity contribution is 6.05. The Kier molecular flexibility index (Phi) is 10.6. The maximum absolute atomic E-state index is 12.4. The zero-order valence-corrected chi connectivity index (χ0v) is 27.1. The van der Waals surface area contributed by atoms with Crippen LogP contribution in [0, 0.1) is 0 Å². The third-order valence-electron chi connectivity index (χ3n) is 6.14. The SMILES string of the molecule is C=Cc1ccc2c(c1)c(NC(C)=O)cn2C(=O)OC(C)(C)C.CC(=O)Nc1cn(C(=O)OC(C)(C)C)c2ccc(CCO)cc12. The van der Waals surface area contributed by atoms with Gasteiger partial charge in [-0.2, -0.15) is 0 Å². The van der Waals surface area contributed by atoms with E-state index in [1.54, 1.807) is 66.1 Å². The van der Waals surface area contributed by atoms with E-state index in [-0.39, 0.29) is 18.4 Å². The molecule has 0 atom stereocenters. The van der Waals surface area contributed by atoms with Crippen molar-refractivity contribution in [3.05, 3.63) is 66.5 Å². The van der Waals surface area contributed by atoms with Crippen molar-refractivity contribution in [2.75, 3.05) is 17.2 Å². The quantitative estimate of drug-likeness (QED) is 0.220. The van der Waals surface area contributed by atoms with Crippen molar-refractivity contribution in [1.82, 2.24) is 9.13 Å². The Labute approximate surface area is 262 Å². The highest BCUT2D eigenvalue weighted by Crippen LogP contribution is 2.30. The number of aliphatic hydroxyl groups is 1. The van der Waals surface area contributed by atoms with Gasteiger partial charge in [-0.05, 0) is 83.4 Å². The molecule has 11 heteroatoms. The molecule has 0 aliphatic carbocycles. The number of hydrogen-bond acceptors (Lipinski definition) is 7. The highest BCUT2D eigenvalue weighted by atomic mass is 16.6. The van der Waals surface area contributed by atoms with Crippen molar-refractivity contribution in [2.24, 2.45) is 0 Å². The number of amides is 2. The molecule has 0 saturated heterocycles. The lowest BCUT2D eigenvalue weighted by Gasteiger charge is -2.19. The number of carbonyl (C=O) groups excluding carboxylic acids is 4. The lowest BCUT2D eigenvalue weighted by molar-refractivity contribution is -0.115. The first-order valence-electron chi connectivity index (χ1n) is 14.5. The number of aromatic nitrogens is 2. The number of benzene rings is 2. The second kappa shape index (κ2) is 13.8. The summed E-state index contributed by atoms with van der Waals surface area (Å²) in [6.07, 6.45) is 4.36. The summed E-state index contributed by atoms with van der Waals surface area (Å²) < 4.78 is 13.6. The van der Waals surface area contributed by atoms with E-state index in [0.717, 1.165) is 21.9 Å². The zero-order chi connectivity index (χ0) is 33.7. The van der Waals surface area contributed by atoms with Crippen LogP contribution in [-0.2, 0) is 25.5 Å². The Morgan fingerprint density at radius 1 is 0.778 bits per heavy atom. The minimum absolute atomic E-state index is 0.0355. The molecule has 0 fully saturated rings. The molecule has 0 bridgehead atoms. The number of ether oxygens (including phenoxy) is 2. The number of hydrogen-bond donors (Lipinski definition) is 3. The Bertz CT molecular complexity index is 1750. The van der Waals surface area contributed by atoms with Crippen molar-refractivity contribution < 1.29 is 33.8 Å². The van der Waals surface area contributed by atoms with Gasteiger partial charge in [0.05, 0.1) is 22.4 Å². The maximum atomic E-state index is 12.4. The fourth-order valence-corrected chi connectivity index (χ4v) is 4.44. The summed E-state index contributed by atoms with van der Waals surface area (Å²) in [6, 6.07) is 11.0. The van der Waals surface area contributed by atoms with Gasteiger partial charge in [0, 0.05) is 43.6 Å². The number of rotatable bonds is 5. The molecule has 4 rings (SSSR count). The smallest absolute Gasteiger partial charge is 0.419 e. The lowest BCUT2D eigenvalue weighted by atomic mass is 10.1. The minimum Gasteiger partial charge on any atom is -0.443 e. The highest BCUT2D eigenvalue weighted by Gasteiger charge is 2.22. The van der Waals surface area contributed by atoms with Crippen molar-refractivity contribution in [1.29, 1.82) is 0 Å². The van der Waals surface area contributed by atoms with E-state index in [1.807, 2.05) is 30.3 Å². The topological polar surface area (TPSA) is 141 Å². The van der Waals surface area contributed by atoms with Gasteiger partial charge in [-0.25, -0.2) is 9.59 Å². The summed E-state index contributed by atoms with van der Waals surface area (Å²) >= 11 is 0. The molecule has 0 saturated carbocycles. The predicted molar refractivity (Wildman–Crippen MR) is 177 cm³/mol. The van der Waals surface area contributed by atoms with Crippen molar-refractivity contribution in [3.8, 4) is 0 Å². The van der Waals surface area contributed by atoms with Gasteiger partial charge < -0.3 is 25.2 Å². The first-order valence-corrected chi connectivity index (χ1v) is 14.5. The van der Waals surface area contributed by atoms with Crippen LogP contribution in [0.25, 0.3) is 27.9 Å². The molecule has 0 radical (unpaired) electrons. The van der Waals surface area contributed by atoms with E-state index in [1.165, 1.54) is 23.0 Å². The molecule has 0 aliphatic heterocycles. The second-order valence-electron chi connectivity index (χ2n) is 12.5. The summed E-state index contributed by atoms with van der Waals surface area (Å²) in [5, 5.41) is 16.0. The van der Waals surface area contributed by atoms with Crippen LogP contribution in [0.3, 0.4) is 0 Å². The summed E-state index contributed by atoms with van der Waals surface area (Å²) in [5.41, 5.74) is 3.04. The van der Waals surface area contributed by atoms with E-state index < -0.39 is 23.4 Å². The number of nitrogens with zero attached hydrogens (tertiary/aromatic N) is 2. The molecule has 240 valence electrons. The van der Waals surface area contributed by atoms with Crippen LogP contribution in [0.15, 0.2) is 55.4 Å². The largest absolute Gasteiger partial charge is 0.443 e. The summed E-state index contributed by atoms with van der Waals surface area (Å²) in [7, 11) is 0. The number of aliphatic hydroxyl groups excluding tert-OH is 1. The number of carbonyl (C=O) groups is 4. The Balaban J connectivity index is 0.000000246. The number of nitrogens with one attached hydrogen (secondary N) is 2. The van der Waals surface area contributed by atoms with E-state index in [2.05, 4.69) is 17.2 Å². The Morgan fingerprint density at radius 3 is 1.62 bits per heavy atom. The third kappa shape index (κ3) is 9.29. The molecule has 45 heavy (non-hydrogen) atoms. The molecule has 2 aromatic carbocycles. The number of anilines is 2. The second-order valence-corrected chi connectivity index (χ2v) is 12.5. The Morgan fingerprint density at radius 2 is 1.22 bits per heavy atom. The van der Waals surface area contributed by atoms with E-state index in [0.29, 0.717) is 28.8 Å². The van der Waals surface area contributed by atoms with Crippen molar-refractivity contribution in [2.45, 2.75) is 73.0 Å². The Hall–Kier alpha value is -4.90. The van der Waals surface area contributed by atoms with Crippen LogP contribution < -0.4 is 10.6 Å². The van der Waals surface area contributed by atoms with Crippen LogP contribution in [-0.4, -0.2) is 56.1 Å². The van der Waals surface area contributed by atoms with Crippen LogP contribution in [0.2, 0.25) is 0 Å². The van der Waals surface area contributed by atoms with Gasteiger partial charge in [-0.15, -0.1) is 0 Å². The van der Waals surface area contributed by atoms with E-state index >= 15 is 0 Å². The standard InChI is InChI=1S/C17H22N2O4.C17H20N2O3/c1-11(21)18-14-10-19(16(22)23-17(2,3)4)15-6-5-12(7-8-20)9-13(14)15;1-6-12-7-8-15-13(9-12)14(18-11(2)20)10-19(15)16(21)22-17(3,4)5/h5-6,9-10,20H,7-8H2,1-4H3,(H,18,21);6-10H,1H2,2-5H3,(H,18,20). The fourth-order valence-electron chi connectivity index (χ4n) is 4.44. The van der Waals surface area contributed by atoms with Crippen LogP contribution in [0.4, 0.5) is 21.0 Å². The van der Waals surface area contributed by atoms with Gasteiger partial charge in [-0.3, -0.25) is 18.7 Å². The van der Waals surface area contributed by atoms with Gasteiger partial charge in [0.2, 0.25) is 11.8 Å². The van der Waals surface area contributed by atoms with Crippen molar-refractivity contribution in [3.63, 3.8) is 0 Å². The molecule has 0 spiro atoms. The van der Waals surface area contributed by atoms with E-state index in [4.69, 9.17) is 14.6 Å². The third-order valence-corrected chi connectivity index (χ3v) is 6.14. The van der Waals surface area contributed by atoms with Crippen LogP contribution in [0.1, 0.15) is 66.5 Å². The van der Waals surface area contributed by atoms with Crippen molar-refractivity contribution >= 4 is 63.3 Å². The molecule has 0 aliphatic rings. The summed E-state index contributed by atoms with van der Waals surface area (Å²) in [5.74, 6) is -0.423. The monoisotopic (exact) mass is 618 g/mol. The predicted octanol–water partition coefficient (Wildman–Crippen LogP) is 6.94. The molecule has 11 nitrogen and oxygen atoms in total. The van der Waals surface area contributed by atoms with Gasteiger partial charge in [0.25, 0.3) is 0 Å².